The van der Waals surface area contributed by atoms with Crippen molar-refractivity contribution in [2.24, 2.45) is 0 Å². The molecule has 0 aromatic rings. The molecule has 0 aliphatic rings. The molecule has 0 saturated heterocycles. The minimum absolute atomic E-state index is 0.107. The van der Waals surface area contributed by atoms with Gasteiger partial charge in [0.2, 0.25) is 0 Å². The van der Waals surface area contributed by atoms with Gasteiger partial charge in [0.1, 0.15) is 4.83 Å². The van der Waals surface area contributed by atoms with Crippen molar-refractivity contribution in [2.45, 2.75) is 57.2 Å². The summed E-state index contributed by atoms with van der Waals surface area (Å²) in [6, 6.07) is 0. The van der Waals surface area contributed by atoms with Crippen LogP contribution in [0.1, 0.15) is 52.4 Å². The first-order chi connectivity index (χ1) is 6.72. The van der Waals surface area contributed by atoms with Gasteiger partial charge in [-0.15, -0.1) is 0 Å². The number of carbonyl (C=O) groups is 1. The summed E-state index contributed by atoms with van der Waals surface area (Å²) in [4.78, 5) is 11.1. The van der Waals surface area contributed by atoms with E-state index in [-0.39, 0.29) is 10.8 Å². The molecular weight excluding hydrogens is 244 g/mol. The Hall–Kier alpha value is -0.0500. The van der Waals surface area contributed by atoms with Gasteiger partial charge in [-0.05, 0) is 13.3 Å². The van der Waals surface area contributed by atoms with Crippen molar-refractivity contribution in [3.63, 3.8) is 0 Å². The van der Waals surface area contributed by atoms with Gasteiger partial charge in [0.05, 0.1) is 6.61 Å². The van der Waals surface area contributed by atoms with E-state index < -0.39 is 0 Å². The molecule has 0 aliphatic heterocycles. The van der Waals surface area contributed by atoms with E-state index in [1.165, 1.54) is 25.7 Å². The summed E-state index contributed by atoms with van der Waals surface area (Å²) in [6.07, 6.45) is 7.05. The van der Waals surface area contributed by atoms with Gasteiger partial charge < -0.3 is 4.74 Å². The highest BCUT2D eigenvalue weighted by Crippen LogP contribution is 2.13. The third kappa shape index (κ3) is 7.36. The first-order valence-corrected chi connectivity index (χ1v) is 6.44. The van der Waals surface area contributed by atoms with Crippen LogP contribution in [0.5, 0.6) is 0 Å². The van der Waals surface area contributed by atoms with E-state index in [0.29, 0.717) is 6.61 Å². The molecule has 0 saturated carbocycles. The van der Waals surface area contributed by atoms with Crippen LogP contribution in [0.4, 0.5) is 0 Å². The Morgan fingerprint density at radius 1 is 1.21 bits per heavy atom. The lowest BCUT2D eigenvalue weighted by atomic mass is 10.1. The quantitative estimate of drug-likeness (QED) is 0.380. The molecule has 0 radical (unpaired) electrons. The van der Waals surface area contributed by atoms with Crippen LogP contribution in [0.25, 0.3) is 0 Å². The van der Waals surface area contributed by atoms with Crippen molar-refractivity contribution >= 4 is 21.9 Å². The van der Waals surface area contributed by atoms with Crippen molar-refractivity contribution in [1.29, 1.82) is 0 Å². The molecular formula is C11H21BrO2. The molecule has 0 heterocycles. The maximum atomic E-state index is 11.2. The Morgan fingerprint density at radius 3 is 2.43 bits per heavy atom. The average Bonchev–Trinajstić information content (AvgIpc) is 2.17. The molecule has 0 amide bonds. The number of unbranched alkanes of at least 4 members (excludes halogenated alkanes) is 4. The zero-order valence-corrected chi connectivity index (χ0v) is 10.8. The fraction of sp³-hybridized carbons (Fsp3) is 0.909. The van der Waals surface area contributed by atoms with Crippen molar-refractivity contribution in [2.75, 3.05) is 6.61 Å². The van der Waals surface area contributed by atoms with E-state index >= 15 is 0 Å². The van der Waals surface area contributed by atoms with Crippen molar-refractivity contribution in [3.05, 3.63) is 0 Å². The summed E-state index contributed by atoms with van der Waals surface area (Å²) in [5.41, 5.74) is 0. The summed E-state index contributed by atoms with van der Waals surface area (Å²) in [5, 5.41) is 0. The van der Waals surface area contributed by atoms with Gasteiger partial charge in [0.15, 0.2) is 0 Å². The average molecular weight is 265 g/mol. The maximum Gasteiger partial charge on any atom is 0.319 e. The zero-order chi connectivity index (χ0) is 10.8. The van der Waals surface area contributed by atoms with E-state index in [1.807, 2.05) is 6.92 Å². The Bertz CT molecular complexity index is 148. The molecule has 0 aromatic heterocycles. The number of alkyl halides is 1. The highest BCUT2D eigenvalue weighted by molar-refractivity contribution is 9.10. The third-order valence-corrected chi connectivity index (χ3v) is 2.94. The maximum absolute atomic E-state index is 11.2. The van der Waals surface area contributed by atoms with Crippen molar-refractivity contribution in [1.82, 2.24) is 0 Å². The normalized spacial score (nSPS) is 12.5. The van der Waals surface area contributed by atoms with Gasteiger partial charge in [0, 0.05) is 0 Å². The fourth-order valence-corrected chi connectivity index (χ4v) is 1.73. The highest BCUT2D eigenvalue weighted by atomic mass is 79.9. The first-order valence-electron chi connectivity index (χ1n) is 5.53. The minimum Gasteiger partial charge on any atom is -0.465 e. The standard InChI is InChI=1S/C11H21BrO2/c1-3-5-6-7-8-9-10(12)11(13)14-4-2/h10H,3-9H2,1-2H3/t10-/m0/s1. The lowest BCUT2D eigenvalue weighted by Gasteiger charge is -2.08. The molecule has 0 rings (SSSR count). The smallest absolute Gasteiger partial charge is 0.319 e. The Kier molecular flexibility index (Phi) is 9.47. The molecule has 14 heavy (non-hydrogen) atoms. The summed E-state index contributed by atoms with van der Waals surface area (Å²) in [5.74, 6) is -0.122. The van der Waals surface area contributed by atoms with Gasteiger partial charge in [0.25, 0.3) is 0 Å². The molecule has 0 fully saturated rings. The number of carbonyl (C=O) groups excluding carboxylic acids is 1. The van der Waals surface area contributed by atoms with E-state index in [4.69, 9.17) is 4.74 Å². The number of hydrogen-bond acceptors (Lipinski definition) is 2. The van der Waals surface area contributed by atoms with Gasteiger partial charge >= 0.3 is 5.97 Å². The second kappa shape index (κ2) is 9.50. The molecule has 0 aromatic carbocycles. The van der Waals surface area contributed by atoms with Crippen LogP contribution in [-0.2, 0) is 9.53 Å². The summed E-state index contributed by atoms with van der Waals surface area (Å²) < 4.78 is 4.90. The Labute approximate surface area is 95.5 Å². The highest BCUT2D eigenvalue weighted by Gasteiger charge is 2.14. The lowest BCUT2D eigenvalue weighted by molar-refractivity contribution is -0.142. The molecule has 0 aliphatic carbocycles. The number of hydrogen-bond donors (Lipinski definition) is 0. The van der Waals surface area contributed by atoms with Crippen molar-refractivity contribution < 1.29 is 9.53 Å². The van der Waals surface area contributed by atoms with E-state index in [1.54, 1.807) is 0 Å². The van der Waals surface area contributed by atoms with Crippen LogP contribution in [0.3, 0.4) is 0 Å². The van der Waals surface area contributed by atoms with Crippen molar-refractivity contribution in [3.8, 4) is 0 Å². The van der Waals surface area contributed by atoms with Gasteiger partial charge in [-0.2, -0.15) is 0 Å². The van der Waals surface area contributed by atoms with Crippen LogP contribution in [0, 0.1) is 0 Å². The van der Waals surface area contributed by atoms with Crippen LogP contribution in [-0.4, -0.2) is 17.4 Å². The van der Waals surface area contributed by atoms with Crippen LogP contribution in [0.2, 0.25) is 0 Å². The fourth-order valence-electron chi connectivity index (χ4n) is 1.28. The molecule has 1 atom stereocenters. The second-order valence-electron chi connectivity index (χ2n) is 3.42. The van der Waals surface area contributed by atoms with Crippen LogP contribution < -0.4 is 0 Å². The number of halogens is 1. The largest absolute Gasteiger partial charge is 0.465 e. The first kappa shape index (κ1) is 13.9. The zero-order valence-electron chi connectivity index (χ0n) is 9.22. The number of rotatable bonds is 8. The topological polar surface area (TPSA) is 26.3 Å². The summed E-state index contributed by atoms with van der Waals surface area (Å²) in [6.45, 7) is 4.50. The number of ether oxygens (including phenoxy) is 1. The minimum atomic E-state index is -0.122. The monoisotopic (exact) mass is 264 g/mol. The molecule has 0 N–H and O–H groups in total. The van der Waals surface area contributed by atoms with Crippen LogP contribution >= 0.6 is 15.9 Å². The Balaban J connectivity index is 3.34. The third-order valence-electron chi connectivity index (χ3n) is 2.10. The summed E-state index contributed by atoms with van der Waals surface area (Å²) in [7, 11) is 0. The lowest BCUT2D eigenvalue weighted by Crippen LogP contribution is -2.17. The second-order valence-corrected chi connectivity index (χ2v) is 4.53. The Morgan fingerprint density at radius 2 is 1.86 bits per heavy atom. The van der Waals surface area contributed by atoms with E-state index in [0.717, 1.165) is 12.8 Å². The number of esters is 1. The molecule has 2 nitrogen and oxygen atoms in total. The molecule has 3 heteroatoms. The van der Waals surface area contributed by atoms with Crippen LogP contribution in [0.15, 0.2) is 0 Å². The molecule has 0 unspecified atom stereocenters. The van der Waals surface area contributed by atoms with Gasteiger partial charge in [-0.3, -0.25) is 4.79 Å². The van der Waals surface area contributed by atoms with E-state index in [9.17, 15) is 4.79 Å². The summed E-state index contributed by atoms with van der Waals surface area (Å²) >= 11 is 3.34. The van der Waals surface area contributed by atoms with E-state index in [2.05, 4.69) is 22.9 Å². The molecule has 84 valence electrons. The SMILES string of the molecule is CCCCCCC[C@H](Br)C(=O)OCC. The predicted molar refractivity (Wildman–Crippen MR) is 62.7 cm³/mol. The van der Waals surface area contributed by atoms with Gasteiger partial charge in [-0.1, -0.05) is 55.0 Å². The molecule has 0 spiro atoms. The predicted octanol–water partition coefficient (Wildman–Crippen LogP) is 3.67. The van der Waals surface area contributed by atoms with Gasteiger partial charge in [-0.25, -0.2) is 0 Å². The molecule has 0 bridgehead atoms.